The van der Waals surface area contributed by atoms with Gasteiger partial charge in [0.05, 0.1) is 13.2 Å². The van der Waals surface area contributed by atoms with E-state index in [1.165, 1.54) is 18.9 Å². The number of ether oxygens (including phenoxy) is 1. The van der Waals surface area contributed by atoms with Crippen molar-refractivity contribution in [2.24, 2.45) is 0 Å². The Morgan fingerprint density at radius 3 is 2.22 bits per heavy atom. The zero-order chi connectivity index (χ0) is 17.2. The van der Waals surface area contributed by atoms with Gasteiger partial charge in [-0.3, -0.25) is 19.3 Å². The lowest BCUT2D eigenvalue weighted by Crippen LogP contribution is -2.71. The molecular formula is C16H20N2O5. The Hall–Kier alpha value is -1.99. The number of carbonyl (C=O) groups excluding carboxylic acids is 3. The van der Waals surface area contributed by atoms with Gasteiger partial charge in [-0.15, -0.1) is 0 Å². The van der Waals surface area contributed by atoms with E-state index in [9.17, 15) is 19.5 Å². The molecule has 0 aromatic rings. The highest BCUT2D eigenvalue weighted by atomic mass is 16.5. The number of allylic oxidation sites excluding steroid dienone is 2. The third-order valence-corrected chi connectivity index (χ3v) is 5.31. The van der Waals surface area contributed by atoms with Crippen molar-refractivity contribution >= 4 is 17.5 Å². The van der Waals surface area contributed by atoms with Gasteiger partial charge in [0.15, 0.2) is 11.5 Å². The first-order chi connectivity index (χ1) is 10.7. The molecule has 0 radical (unpaired) electrons. The first-order valence-corrected chi connectivity index (χ1v) is 7.49. The van der Waals surface area contributed by atoms with Gasteiger partial charge in [-0.25, -0.2) is 0 Å². The largest absolute Gasteiger partial charge is 0.492 e. The maximum atomic E-state index is 12.8. The number of fused-ring (bicyclic) bond motifs is 3. The van der Waals surface area contributed by atoms with Crippen molar-refractivity contribution < 1.29 is 24.2 Å². The highest BCUT2D eigenvalue weighted by Gasteiger charge is 2.56. The van der Waals surface area contributed by atoms with Gasteiger partial charge in [0.25, 0.3) is 0 Å². The van der Waals surface area contributed by atoms with Crippen LogP contribution >= 0.6 is 0 Å². The molecule has 23 heavy (non-hydrogen) atoms. The molecule has 1 N–H and O–H groups in total. The number of ketones is 2. The lowest BCUT2D eigenvalue weighted by Gasteiger charge is -2.53. The smallest absolute Gasteiger partial charge is 0.243 e. The number of amides is 1. The summed E-state index contributed by atoms with van der Waals surface area (Å²) in [6.45, 7) is 3.33. The summed E-state index contributed by atoms with van der Waals surface area (Å²) >= 11 is 0. The molecule has 2 bridgehead atoms. The van der Waals surface area contributed by atoms with E-state index in [1.54, 1.807) is 19.0 Å². The molecular weight excluding hydrogens is 300 g/mol. The minimum absolute atomic E-state index is 0.0135. The van der Waals surface area contributed by atoms with Crippen molar-refractivity contribution in [3.63, 3.8) is 0 Å². The molecule has 7 nitrogen and oxygen atoms in total. The van der Waals surface area contributed by atoms with Crippen LogP contribution in [-0.2, 0) is 19.1 Å². The van der Waals surface area contributed by atoms with Gasteiger partial charge >= 0.3 is 0 Å². The van der Waals surface area contributed by atoms with Crippen LogP contribution in [0.4, 0.5) is 0 Å². The molecule has 1 fully saturated rings. The van der Waals surface area contributed by atoms with Crippen LogP contribution in [0.3, 0.4) is 0 Å². The van der Waals surface area contributed by atoms with Gasteiger partial charge in [0.2, 0.25) is 11.7 Å². The van der Waals surface area contributed by atoms with Gasteiger partial charge in [-0.2, -0.15) is 0 Å². The lowest BCUT2D eigenvalue weighted by molar-refractivity contribution is -0.153. The van der Waals surface area contributed by atoms with Crippen LogP contribution < -0.4 is 0 Å². The van der Waals surface area contributed by atoms with Crippen molar-refractivity contribution in [3.05, 3.63) is 22.5 Å². The van der Waals surface area contributed by atoms with Gasteiger partial charge < -0.3 is 14.7 Å². The van der Waals surface area contributed by atoms with Crippen molar-refractivity contribution in [1.82, 2.24) is 9.80 Å². The van der Waals surface area contributed by atoms with E-state index in [0.717, 1.165) is 0 Å². The maximum absolute atomic E-state index is 12.8. The Kier molecular flexibility index (Phi) is 3.46. The number of aliphatic hydroxyl groups excluding tert-OH is 1. The minimum Gasteiger partial charge on any atom is -0.492 e. The van der Waals surface area contributed by atoms with Crippen LogP contribution in [0.1, 0.15) is 13.8 Å². The summed E-state index contributed by atoms with van der Waals surface area (Å²) in [5, 5.41) is 10.6. The molecule has 124 valence electrons. The standard InChI is InChI=1S/C16H20N2O5/c1-6-12(19)9-8(14(21)15(6)23-5)10-7(2)17(3)16(22)11(13(9)20)18(10)4/h7,10-11,13,20H,1-5H3/t7-,10-,11-,13?/m0/s1. The Balaban J connectivity index is 2.25. The first-order valence-electron chi connectivity index (χ1n) is 7.49. The molecule has 0 saturated carbocycles. The summed E-state index contributed by atoms with van der Waals surface area (Å²) in [7, 11) is 4.69. The van der Waals surface area contributed by atoms with Crippen LogP contribution in [-0.4, -0.2) is 77.8 Å². The molecule has 1 saturated heterocycles. The molecule has 1 amide bonds. The predicted molar refractivity (Wildman–Crippen MR) is 80.3 cm³/mol. The quantitative estimate of drug-likeness (QED) is 0.640. The summed E-state index contributed by atoms with van der Waals surface area (Å²) < 4.78 is 5.12. The van der Waals surface area contributed by atoms with E-state index >= 15 is 0 Å². The monoisotopic (exact) mass is 320 g/mol. The Bertz CT molecular complexity index is 693. The van der Waals surface area contributed by atoms with Crippen LogP contribution in [0.5, 0.6) is 0 Å². The van der Waals surface area contributed by atoms with E-state index in [4.69, 9.17) is 4.74 Å². The molecule has 3 aliphatic rings. The SMILES string of the molecule is COC1=C(C)C(=O)C2=C(C1=O)[C@@H]1[C@H](C)N(C)C(=O)[C@H](C2O)N1C. The fourth-order valence-corrected chi connectivity index (χ4v) is 3.94. The van der Waals surface area contributed by atoms with E-state index in [0.29, 0.717) is 0 Å². The Morgan fingerprint density at radius 1 is 1.04 bits per heavy atom. The highest BCUT2D eigenvalue weighted by Crippen LogP contribution is 2.41. The average Bonchev–Trinajstić information content (AvgIpc) is 2.50. The van der Waals surface area contributed by atoms with Gasteiger partial charge in [-0.1, -0.05) is 0 Å². The molecule has 1 unspecified atom stereocenters. The first kappa shape index (κ1) is 15.9. The third kappa shape index (κ3) is 1.80. The minimum atomic E-state index is -1.32. The number of hydrogen-bond acceptors (Lipinski definition) is 6. The number of nitrogens with zero attached hydrogens (tertiary/aromatic N) is 2. The number of methoxy groups -OCH3 is 1. The second kappa shape index (κ2) is 5.01. The van der Waals surface area contributed by atoms with Gasteiger partial charge in [0, 0.05) is 29.8 Å². The van der Waals surface area contributed by atoms with Crippen LogP contribution in [0.2, 0.25) is 0 Å². The van der Waals surface area contributed by atoms with Gasteiger partial charge in [-0.05, 0) is 20.9 Å². The highest BCUT2D eigenvalue weighted by molar-refractivity contribution is 6.25. The van der Waals surface area contributed by atoms with Crippen molar-refractivity contribution in [3.8, 4) is 0 Å². The Morgan fingerprint density at radius 2 is 1.65 bits per heavy atom. The number of hydrogen-bond donors (Lipinski definition) is 1. The van der Waals surface area contributed by atoms with Crippen LogP contribution in [0.15, 0.2) is 22.5 Å². The van der Waals surface area contributed by atoms with Crippen molar-refractivity contribution in [1.29, 1.82) is 0 Å². The number of likely N-dealkylation sites (N-methyl/N-ethyl adjacent to an activating group) is 2. The molecule has 1 aliphatic carbocycles. The zero-order valence-corrected chi connectivity index (χ0v) is 13.8. The molecule has 3 rings (SSSR count). The number of piperazine rings is 1. The van der Waals surface area contributed by atoms with Crippen LogP contribution in [0, 0.1) is 0 Å². The van der Waals surface area contributed by atoms with Crippen molar-refractivity contribution in [2.45, 2.75) is 38.1 Å². The fraction of sp³-hybridized carbons (Fsp3) is 0.562. The zero-order valence-electron chi connectivity index (χ0n) is 13.8. The summed E-state index contributed by atoms with van der Waals surface area (Å²) in [5.74, 6) is -1.05. The second-order valence-corrected chi connectivity index (χ2v) is 6.33. The second-order valence-electron chi connectivity index (χ2n) is 6.33. The van der Waals surface area contributed by atoms with Crippen LogP contribution in [0.25, 0.3) is 0 Å². The number of aliphatic hydroxyl groups is 1. The summed E-state index contributed by atoms with van der Waals surface area (Å²) in [6.07, 6.45) is -1.32. The molecule has 0 aromatic carbocycles. The van der Waals surface area contributed by atoms with Gasteiger partial charge in [0.1, 0.15) is 12.1 Å². The van der Waals surface area contributed by atoms with E-state index in [1.807, 2.05) is 6.92 Å². The number of Topliss-reactive ketones (excluding diaryl/α,β-unsaturated/α-hetero) is 2. The molecule has 2 aliphatic heterocycles. The number of rotatable bonds is 1. The number of carbonyl (C=O) groups is 3. The normalized spacial score (nSPS) is 35.0. The summed E-state index contributed by atoms with van der Waals surface area (Å²) in [4.78, 5) is 41.2. The van der Waals surface area contributed by atoms with Crippen molar-refractivity contribution in [2.75, 3.05) is 21.2 Å². The predicted octanol–water partition coefficient (Wildman–Crippen LogP) is -0.741. The topological polar surface area (TPSA) is 87.2 Å². The summed E-state index contributed by atoms with van der Waals surface area (Å²) in [6, 6.07) is -1.60. The molecule has 2 heterocycles. The lowest BCUT2D eigenvalue weighted by atomic mass is 9.73. The average molecular weight is 320 g/mol. The fourth-order valence-electron chi connectivity index (χ4n) is 3.94. The molecule has 0 spiro atoms. The van der Waals surface area contributed by atoms with E-state index < -0.39 is 24.0 Å². The summed E-state index contributed by atoms with van der Waals surface area (Å²) in [5.41, 5.74) is 0.469. The molecule has 0 aromatic heterocycles. The molecule has 4 atom stereocenters. The Labute approximate surface area is 134 Å². The van der Waals surface area contributed by atoms with E-state index in [-0.39, 0.29) is 40.2 Å². The maximum Gasteiger partial charge on any atom is 0.243 e. The van der Waals surface area contributed by atoms with E-state index in [2.05, 4.69) is 0 Å². The molecule has 7 heteroatoms. The third-order valence-electron chi connectivity index (χ3n) is 5.31.